The highest BCUT2D eigenvalue weighted by Crippen LogP contribution is 2.20. The van der Waals surface area contributed by atoms with Crippen molar-refractivity contribution in [3.05, 3.63) is 59.7 Å². The van der Waals surface area contributed by atoms with Gasteiger partial charge in [0.15, 0.2) is 0 Å². The number of likely N-dealkylation sites (N-methyl/N-ethyl adjacent to an activating group) is 1. The fourth-order valence-corrected chi connectivity index (χ4v) is 3.95. The number of nitrogens with zero attached hydrogens (tertiary/aromatic N) is 2. The van der Waals surface area contributed by atoms with Crippen molar-refractivity contribution in [3.8, 4) is 0 Å². The Bertz CT molecular complexity index is 873. The van der Waals surface area contributed by atoms with Crippen LogP contribution in [-0.4, -0.2) is 49.9 Å². The van der Waals surface area contributed by atoms with E-state index in [2.05, 4.69) is 44.7 Å². The molecule has 2 amide bonds. The lowest BCUT2D eigenvalue weighted by Gasteiger charge is -2.21. The van der Waals surface area contributed by atoms with Crippen LogP contribution >= 0.6 is 0 Å². The summed E-state index contributed by atoms with van der Waals surface area (Å²) in [5.41, 5.74) is 3.40. The van der Waals surface area contributed by atoms with E-state index in [-0.39, 0.29) is 24.4 Å². The number of benzene rings is 2. The second-order valence-corrected chi connectivity index (χ2v) is 8.41. The Morgan fingerprint density at radius 2 is 1.68 bits per heavy atom. The number of carbonyl (C=O) groups is 2. The Balaban J connectivity index is 1.59. The molecule has 0 bridgehead atoms. The third-order valence-electron chi connectivity index (χ3n) is 5.81. The van der Waals surface area contributed by atoms with E-state index < -0.39 is 0 Å². The highest BCUT2D eigenvalue weighted by Gasteiger charge is 2.20. The highest BCUT2D eigenvalue weighted by atomic mass is 16.2. The lowest BCUT2D eigenvalue weighted by atomic mass is 10.1. The third kappa shape index (κ3) is 6.56. The molecule has 0 spiro atoms. The summed E-state index contributed by atoms with van der Waals surface area (Å²) in [6.07, 6.45) is 4.38. The number of hydrogen-bond acceptors (Lipinski definition) is 4. The Morgan fingerprint density at radius 3 is 2.32 bits per heavy atom. The summed E-state index contributed by atoms with van der Waals surface area (Å²) in [6.45, 7) is 3.77. The van der Waals surface area contributed by atoms with E-state index in [1.54, 1.807) is 12.1 Å². The highest BCUT2D eigenvalue weighted by molar-refractivity contribution is 6.04. The Kier molecular flexibility index (Phi) is 8.06. The molecule has 0 unspecified atom stereocenters. The molecule has 3 rings (SSSR count). The molecule has 0 saturated heterocycles. The number of amides is 2. The van der Waals surface area contributed by atoms with Crippen molar-refractivity contribution in [1.29, 1.82) is 0 Å². The first-order valence-electron chi connectivity index (χ1n) is 11.1. The molecule has 6 heteroatoms. The van der Waals surface area contributed by atoms with Crippen molar-refractivity contribution in [3.63, 3.8) is 0 Å². The molecule has 166 valence electrons. The average molecular weight is 423 g/mol. The molecule has 2 N–H and O–H groups in total. The number of carbonyl (C=O) groups excluding carboxylic acids is 2. The molecule has 31 heavy (non-hydrogen) atoms. The van der Waals surface area contributed by atoms with Crippen LogP contribution in [0.3, 0.4) is 0 Å². The van der Waals surface area contributed by atoms with Crippen molar-refractivity contribution in [1.82, 2.24) is 10.2 Å². The van der Waals surface area contributed by atoms with Gasteiger partial charge < -0.3 is 15.5 Å². The van der Waals surface area contributed by atoms with Crippen LogP contribution in [0.1, 0.15) is 48.5 Å². The molecule has 1 fully saturated rings. The monoisotopic (exact) mass is 422 g/mol. The normalized spacial score (nSPS) is 13.9. The lowest BCUT2D eigenvalue weighted by Crippen LogP contribution is -2.35. The first-order chi connectivity index (χ1) is 15.0. The van der Waals surface area contributed by atoms with E-state index in [9.17, 15) is 9.59 Å². The van der Waals surface area contributed by atoms with Crippen molar-refractivity contribution in [2.75, 3.05) is 37.4 Å². The molecular weight excluding hydrogens is 388 g/mol. The quantitative estimate of drug-likeness (QED) is 0.644. The van der Waals surface area contributed by atoms with Crippen molar-refractivity contribution < 1.29 is 9.59 Å². The second-order valence-electron chi connectivity index (χ2n) is 8.41. The molecule has 1 aliphatic rings. The smallest absolute Gasteiger partial charge is 0.253 e. The standard InChI is InChI=1S/C25H34N4O2/c1-4-29(17-19-13-15-21(16-14-19)28(2)3)18-24(30)27-23-12-8-7-11-22(23)25(31)26-20-9-5-6-10-20/h7-8,11-16,20H,4-6,9-10,17-18H2,1-3H3,(H,26,31)(H,27,30). The SMILES string of the molecule is CCN(CC(=O)Nc1ccccc1C(=O)NC1CCCC1)Cc1ccc(N(C)C)cc1. The minimum Gasteiger partial charge on any atom is -0.378 e. The molecule has 1 aliphatic carbocycles. The molecular formula is C25H34N4O2. The summed E-state index contributed by atoms with van der Waals surface area (Å²) < 4.78 is 0. The van der Waals surface area contributed by atoms with E-state index in [1.807, 2.05) is 33.2 Å². The topological polar surface area (TPSA) is 64.7 Å². The molecule has 0 aromatic heterocycles. The summed E-state index contributed by atoms with van der Waals surface area (Å²) in [6, 6.07) is 15.8. The second kappa shape index (κ2) is 11.0. The van der Waals surface area contributed by atoms with Gasteiger partial charge in [0.1, 0.15) is 0 Å². The van der Waals surface area contributed by atoms with E-state index >= 15 is 0 Å². The summed E-state index contributed by atoms with van der Waals surface area (Å²) in [4.78, 5) is 29.6. The minimum absolute atomic E-state index is 0.115. The van der Waals surface area contributed by atoms with Crippen LogP contribution in [0.2, 0.25) is 0 Å². The summed E-state index contributed by atoms with van der Waals surface area (Å²) in [7, 11) is 4.03. The Hall–Kier alpha value is -2.86. The lowest BCUT2D eigenvalue weighted by molar-refractivity contribution is -0.117. The first kappa shape index (κ1) is 22.8. The van der Waals surface area contributed by atoms with Crippen LogP contribution < -0.4 is 15.5 Å². The number of para-hydroxylation sites is 1. The van der Waals surface area contributed by atoms with Gasteiger partial charge in [-0.15, -0.1) is 0 Å². The van der Waals surface area contributed by atoms with Gasteiger partial charge in [0.05, 0.1) is 17.8 Å². The van der Waals surface area contributed by atoms with E-state index in [0.29, 0.717) is 17.8 Å². The first-order valence-corrected chi connectivity index (χ1v) is 11.1. The van der Waals surface area contributed by atoms with Gasteiger partial charge in [-0.1, -0.05) is 44.0 Å². The zero-order chi connectivity index (χ0) is 22.2. The Labute approximate surface area is 185 Å². The van der Waals surface area contributed by atoms with Gasteiger partial charge in [0.2, 0.25) is 5.91 Å². The van der Waals surface area contributed by atoms with Crippen LogP contribution in [-0.2, 0) is 11.3 Å². The molecule has 0 radical (unpaired) electrons. The van der Waals surface area contributed by atoms with Crippen LogP contribution in [0.5, 0.6) is 0 Å². The molecule has 0 atom stereocenters. The average Bonchev–Trinajstić information content (AvgIpc) is 3.27. The molecule has 0 aliphatic heterocycles. The van der Waals surface area contributed by atoms with E-state index in [0.717, 1.165) is 43.5 Å². The third-order valence-corrected chi connectivity index (χ3v) is 5.81. The van der Waals surface area contributed by atoms with Crippen LogP contribution in [0, 0.1) is 0 Å². The van der Waals surface area contributed by atoms with E-state index in [1.165, 1.54) is 0 Å². The maximum Gasteiger partial charge on any atom is 0.253 e. The zero-order valence-electron chi connectivity index (χ0n) is 18.9. The van der Waals surface area contributed by atoms with Gasteiger partial charge in [-0.25, -0.2) is 0 Å². The maximum atomic E-state index is 12.7. The van der Waals surface area contributed by atoms with Gasteiger partial charge in [-0.3, -0.25) is 14.5 Å². The van der Waals surface area contributed by atoms with Gasteiger partial charge in [0, 0.05) is 32.4 Å². The zero-order valence-corrected chi connectivity index (χ0v) is 18.9. The van der Waals surface area contributed by atoms with Crippen LogP contribution in [0.4, 0.5) is 11.4 Å². The van der Waals surface area contributed by atoms with Crippen molar-refractivity contribution in [2.45, 2.75) is 45.2 Å². The minimum atomic E-state index is -0.118. The number of hydrogen-bond donors (Lipinski definition) is 2. The summed E-state index contributed by atoms with van der Waals surface area (Å²) >= 11 is 0. The largest absolute Gasteiger partial charge is 0.378 e. The van der Waals surface area contributed by atoms with Gasteiger partial charge >= 0.3 is 0 Å². The number of nitrogens with one attached hydrogen (secondary N) is 2. The maximum absolute atomic E-state index is 12.7. The van der Waals surface area contributed by atoms with E-state index in [4.69, 9.17) is 0 Å². The summed E-state index contributed by atoms with van der Waals surface area (Å²) in [5, 5.41) is 6.04. The van der Waals surface area contributed by atoms with Gasteiger partial charge in [0.25, 0.3) is 5.91 Å². The summed E-state index contributed by atoms with van der Waals surface area (Å²) in [5.74, 6) is -0.232. The molecule has 0 heterocycles. The van der Waals surface area contributed by atoms with Crippen molar-refractivity contribution in [2.24, 2.45) is 0 Å². The number of anilines is 2. The van der Waals surface area contributed by atoms with Crippen LogP contribution in [0.15, 0.2) is 48.5 Å². The Morgan fingerprint density at radius 1 is 1.00 bits per heavy atom. The molecule has 1 saturated carbocycles. The van der Waals surface area contributed by atoms with Crippen molar-refractivity contribution >= 4 is 23.2 Å². The number of rotatable bonds is 9. The van der Waals surface area contributed by atoms with Crippen LogP contribution in [0.25, 0.3) is 0 Å². The molecule has 2 aromatic rings. The predicted molar refractivity (Wildman–Crippen MR) is 127 cm³/mol. The molecule has 2 aromatic carbocycles. The fraction of sp³-hybridized carbons (Fsp3) is 0.440. The fourth-order valence-electron chi connectivity index (χ4n) is 3.95. The molecule has 6 nitrogen and oxygen atoms in total. The van der Waals surface area contributed by atoms with Gasteiger partial charge in [-0.2, -0.15) is 0 Å². The van der Waals surface area contributed by atoms with Gasteiger partial charge in [-0.05, 0) is 49.2 Å². The predicted octanol–water partition coefficient (Wildman–Crippen LogP) is 3.89.